The van der Waals surface area contributed by atoms with E-state index in [-0.39, 0.29) is 11.2 Å². The van der Waals surface area contributed by atoms with Gasteiger partial charge >= 0.3 is 0 Å². The van der Waals surface area contributed by atoms with E-state index >= 15 is 0 Å². The number of hydrogen-bond donors (Lipinski definition) is 1. The van der Waals surface area contributed by atoms with Crippen molar-refractivity contribution >= 4 is 5.78 Å². The smallest absolute Gasteiger partial charge is 0.168 e. The first-order chi connectivity index (χ1) is 10.5. The maximum absolute atomic E-state index is 12.7. The van der Waals surface area contributed by atoms with Crippen molar-refractivity contribution in [1.29, 1.82) is 0 Å². The lowest BCUT2D eigenvalue weighted by Crippen LogP contribution is -2.51. The van der Waals surface area contributed by atoms with Gasteiger partial charge in [0, 0.05) is 11.0 Å². The van der Waals surface area contributed by atoms with Crippen LogP contribution in [0.1, 0.15) is 58.8 Å². The molecule has 6 atom stereocenters. The predicted molar refractivity (Wildman–Crippen MR) is 87.4 cm³/mol. The van der Waals surface area contributed by atoms with Gasteiger partial charge in [-0.2, -0.15) is 0 Å². The fraction of sp³-hybridized carbons (Fsp3) is 0.750. The van der Waals surface area contributed by atoms with E-state index < -0.39 is 0 Å². The quantitative estimate of drug-likeness (QED) is 0.396. The molecule has 0 amide bonds. The van der Waals surface area contributed by atoms with Crippen molar-refractivity contribution < 1.29 is 9.90 Å². The standard InChI is InChI=1S/C20H28O2/c1-19-9-4-3-5-14(19)6-7-15-16(19)8-10-20(2)17(15)11-13(12-21)18(20)22/h4,9,12,14-17,21H,3,5-8,10-11H2,1-2H3/t14?,15-,16-,17+,19+,20+/m1/s1. The molecule has 0 saturated heterocycles. The van der Waals surface area contributed by atoms with E-state index in [9.17, 15) is 9.90 Å². The van der Waals surface area contributed by atoms with Crippen molar-refractivity contribution in [2.45, 2.75) is 58.8 Å². The molecule has 2 heteroatoms. The Morgan fingerprint density at radius 2 is 2.00 bits per heavy atom. The highest BCUT2D eigenvalue weighted by molar-refractivity contribution is 6.02. The van der Waals surface area contributed by atoms with E-state index in [1.807, 2.05) is 0 Å². The molecule has 0 aromatic carbocycles. The van der Waals surface area contributed by atoms with Crippen molar-refractivity contribution in [2.24, 2.45) is 34.5 Å². The molecule has 22 heavy (non-hydrogen) atoms. The van der Waals surface area contributed by atoms with Gasteiger partial charge in [-0.15, -0.1) is 0 Å². The highest BCUT2D eigenvalue weighted by atomic mass is 16.2. The minimum Gasteiger partial charge on any atom is -0.515 e. The minimum atomic E-state index is -0.211. The molecule has 0 aromatic heterocycles. The lowest BCUT2D eigenvalue weighted by Gasteiger charge is -2.57. The molecule has 4 aliphatic carbocycles. The molecule has 0 aliphatic heterocycles. The normalized spacial score (nSPS) is 52.3. The summed E-state index contributed by atoms with van der Waals surface area (Å²) in [7, 11) is 0. The van der Waals surface area contributed by atoms with Crippen molar-refractivity contribution in [3.63, 3.8) is 0 Å². The highest BCUT2D eigenvalue weighted by Gasteiger charge is 2.60. The molecule has 0 radical (unpaired) electrons. The van der Waals surface area contributed by atoms with Crippen LogP contribution in [0.2, 0.25) is 0 Å². The van der Waals surface area contributed by atoms with Gasteiger partial charge in [-0.3, -0.25) is 4.79 Å². The number of ketones is 1. The Balaban J connectivity index is 1.71. The Morgan fingerprint density at radius 3 is 2.77 bits per heavy atom. The van der Waals surface area contributed by atoms with Crippen molar-refractivity contribution in [3.8, 4) is 0 Å². The SMILES string of the molecule is C[C@]12C=CCCC1CC[C@@H]1[C@H]2CC[C@]2(C)C(=O)C(=CO)C[C@@H]12. The zero-order valence-corrected chi connectivity index (χ0v) is 13.8. The van der Waals surface area contributed by atoms with Crippen LogP contribution in [0.25, 0.3) is 0 Å². The van der Waals surface area contributed by atoms with Gasteiger partial charge in [-0.1, -0.05) is 26.0 Å². The van der Waals surface area contributed by atoms with Crippen LogP contribution in [0, 0.1) is 34.5 Å². The lowest BCUT2D eigenvalue weighted by atomic mass is 9.46. The number of aliphatic hydroxyl groups is 1. The monoisotopic (exact) mass is 300 g/mol. The van der Waals surface area contributed by atoms with Crippen LogP contribution in [0.5, 0.6) is 0 Å². The Morgan fingerprint density at radius 1 is 1.18 bits per heavy atom. The summed E-state index contributed by atoms with van der Waals surface area (Å²) in [5, 5.41) is 9.44. The third-order valence-electron chi connectivity index (χ3n) is 7.92. The number of fused-ring (bicyclic) bond motifs is 5. The van der Waals surface area contributed by atoms with Gasteiger partial charge in [-0.05, 0) is 74.0 Å². The summed E-state index contributed by atoms with van der Waals surface area (Å²) in [6.07, 6.45) is 14.2. The third-order valence-corrected chi connectivity index (χ3v) is 7.92. The van der Waals surface area contributed by atoms with Gasteiger partial charge in [0.15, 0.2) is 5.78 Å². The van der Waals surface area contributed by atoms with Crippen molar-refractivity contribution in [1.82, 2.24) is 0 Å². The Bertz CT molecular complexity index is 560. The number of rotatable bonds is 0. The second-order valence-electron chi connectivity index (χ2n) is 8.64. The molecule has 0 aromatic rings. The highest BCUT2D eigenvalue weighted by Crippen LogP contribution is 2.64. The third kappa shape index (κ3) is 1.70. The van der Waals surface area contributed by atoms with Crippen molar-refractivity contribution in [2.75, 3.05) is 0 Å². The first-order valence-electron chi connectivity index (χ1n) is 9.06. The molecular formula is C20H28O2. The number of carbonyl (C=O) groups is 1. The molecule has 3 saturated carbocycles. The Labute approximate surface area is 133 Å². The van der Waals surface area contributed by atoms with Gasteiger partial charge in [0.1, 0.15) is 0 Å². The predicted octanol–water partition coefficient (Wildman–Crippen LogP) is 4.82. The summed E-state index contributed by atoms with van der Waals surface area (Å²) < 4.78 is 0. The summed E-state index contributed by atoms with van der Waals surface area (Å²) in [4.78, 5) is 12.7. The second kappa shape index (κ2) is 4.72. The maximum Gasteiger partial charge on any atom is 0.168 e. The van der Waals surface area contributed by atoms with Gasteiger partial charge in [0.25, 0.3) is 0 Å². The van der Waals surface area contributed by atoms with Crippen LogP contribution in [0.3, 0.4) is 0 Å². The van der Waals surface area contributed by atoms with E-state index in [0.29, 0.717) is 22.8 Å². The summed E-state index contributed by atoms with van der Waals surface area (Å²) in [6, 6.07) is 0. The first kappa shape index (κ1) is 14.5. The van der Waals surface area contributed by atoms with Crippen LogP contribution in [-0.2, 0) is 4.79 Å². The average molecular weight is 300 g/mol. The summed E-state index contributed by atoms with van der Waals surface area (Å²) in [6.45, 7) is 4.64. The van der Waals surface area contributed by atoms with E-state index in [4.69, 9.17) is 0 Å². The molecular weight excluding hydrogens is 272 g/mol. The maximum atomic E-state index is 12.7. The van der Waals surface area contributed by atoms with Crippen LogP contribution in [0.15, 0.2) is 24.0 Å². The molecule has 1 N–H and O–H groups in total. The van der Waals surface area contributed by atoms with Crippen LogP contribution >= 0.6 is 0 Å². The molecule has 4 aliphatic rings. The molecule has 0 bridgehead atoms. The first-order valence-corrected chi connectivity index (χ1v) is 9.06. The van der Waals surface area contributed by atoms with Crippen LogP contribution in [0.4, 0.5) is 0 Å². The number of aliphatic hydroxyl groups excluding tert-OH is 1. The largest absolute Gasteiger partial charge is 0.515 e. The molecule has 2 nitrogen and oxygen atoms in total. The summed E-state index contributed by atoms with van der Waals surface area (Å²) in [5.41, 5.74) is 0.814. The molecule has 1 unspecified atom stereocenters. The number of hydrogen-bond acceptors (Lipinski definition) is 2. The fourth-order valence-corrected chi connectivity index (χ4v) is 6.61. The Hall–Kier alpha value is -1.05. The molecule has 3 fully saturated rings. The van der Waals surface area contributed by atoms with Crippen LogP contribution in [-0.4, -0.2) is 10.9 Å². The number of allylic oxidation sites excluding steroid dienone is 3. The van der Waals surface area contributed by atoms with Gasteiger partial charge in [0.05, 0.1) is 6.26 Å². The van der Waals surface area contributed by atoms with E-state index in [1.54, 1.807) is 0 Å². The zero-order valence-electron chi connectivity index (χ0n) is 13.8. The number of Topliss-reactive ketones (excluding diaryl/α,β-unsaturated/α-hetero) is 1. The van der Waals surface area contributed by atoms with Crippen LogP contribution < -0.4 is 0 Å². The molecule has 4 rings (SSSR count). The minimum absolute atomic E-state index is 0.211. The van der Waals surface area contributed by atoms with Crippen molar-refractivity contribution in [3.05, 3.63) is 24.0 Å². The van der Waals surface area contributed by atoms with Gasteiger partial charge in [-0.25, -0.2) is 0 Å². The van der Waals surface area contributed by atoms with E-state index in [2.05, 4.69) is 26.0 Å². The van der Waals surface area contributed by atoms with Gasteiger partial charge in [0.2, 0.25) is 0 Å². The average Bonchev–Trinajstić information content (AvgIpc) is 2.78. The number of carbonyl (C=O) groups excluding carboxylic acids is 1. The topological polar surface area (TPSA) is 37.3 Å². The lowest BCUT2D eigenvalue weighted by molar-refractivity contribution is -0.132. The van der Waals surface area contributed by atoms with E-state index in [0.717, 1.165) is 30.9 Å². The van der Waals surface area contributed by atoms with E-state index in [1.165, 1.54) is 32.1 Å². The molecule has 120 valence electrons. The summed E-state index contributed by atoms with van der Waals surface area (Å²) in [5.74, 6) is 2.90. The second-order valence-corrected chi connectivity index (χ2v) is 8.64. The molecule has 0 heterocycles. The molecule has 0 spiro atoms. The van der Waals surface area contributed by atoms with Gasteiger partial charge < -0.3 is 5.11 Å². The Kier molecular flexibility index (Phi) is 3.12. The zero-order chi connectivity index (χ0) is 15.5. The fourth-order valence-electron chi connectivity index (χ4n) is 6.61. The summed E-state index contributed by atoms with van der Waals surface area (Å²) >= 11 is 0.